The zero-order valence-corrected chi connectivity index (χ0v) is 23.3. The summed E-state index contributed by atoms with van der Waals surface area (Å²) in [5.74, 6) is 3.24. The van der Waals surface area contributed by atoms with E-state index in [4.69, 9.17) is 14.7 Å². The second kappa shape index (κ2) is 10.7. The highest BCUT2D eigenvalue weighted by molar-refractivity contribution is 5.82. The van der Waals surface area contributed by atoms with Crippen LogP contribution in [0.2, 0.25) is 0 Å². The molecule has 1 aliphatic rings. The van der Waals surface area contributed by atoms with Crippen LogP contribution in [0.4, 0.5) is 10.2 Å². The zero-order valence-electron chi connectivity index (χ0n) is 23.3. The summed E-state index contributed by atoms with van der Waals surface area (Å²) < 4.78 is 19.8. The van der Waals surface area contributed by atoms with Gasteiger partial charge in [-0.2, -0.15) is 0 Å². The van der Waals surface area contributed by atoms with Crippen LogP contribution in [0, 0.1) is 19.7 Å². The summed E-state index contributed by atoms with van der Waals surface area (Å²) in [6.45, 7) is 6.55. The number of aryl methyl sites for hydroxylation is 2. The molecule has 0 bridgehead atoms. The first-order valence-electron chi connectivity index (χ1n) is 13.6. The second-order valence-corrected chi connectivity index (χ2v) is 10.7. The van der Waals surface area contributed by atoms with Crippen LogP contribution in [-0.4, -0.2) is 52.1 Å². The van der Waals surface area contributed by atoms with Gasteiger partial charge in [-0.05, 0) is 81.0 Å². The average Bonchev–Trinajstić information content (AvgIpc) is 3.16. The maximum atomic E-state index is 13.6. The van der Waals surface area contributed by atoms with E-state index in [9.17, 15) is 4.39 Å². The summed E-state index contributed by atoms with van der Waals surface area (Å²) in [6.07, 6.45) is 0.622. The van der Waals surface area contributed by atoms with Crippen molar-refractivity contribution in [2.24, 2.45) is 0 Å². The Morgan fingerprint density at radius 1 is 0.950 bits per heavy atom. The van der Waals surface area contributed by atoms with Gasteiger partial charge in [0.05, 0.1) is 24.1 Å². The Kier molecular flexibility index (Phi) is 6.94. The van der Waals surface area contributed by atoms with Crippen molar-refractivity contribution in [3.8, 4) is 16.9 Å². The van der Waals surface area contributed by atoms with Gasteiger partial charge < -0.3 is 19.5 Å². The third-order valence-electron chi connectivity index (χ3n) is 7.26. The molecule has 0 spiro atoms. The number of anilines is 1. The molecule has 0 radical (unpaired) electrons. The van der Waals surface area contributed by atoms with Gasteiger partial charge in [0.2, 0.25) is 0 Å². The first-order valence-corrected chi connectivity index (χ1v) is 13.6. The molecule has 0 aliphatic carbocycles. The van der Waals surface area contributed by atoms with Crippen LogP contribution in [0.1, 0.15) is 34.0 Å². The van der Waals surface area contributed by atoms with Crippen LogP contribution in [-0.2, 0) is 19.5 Å². The molecule has 0 saturated carbocycles. The van der Waals surface area contributed by atoms with Gasteiger partial charge >= 0.3 is 0 Å². The van der Waals surface area contributed by atoms with Gasteiger partial charge in [0.1, 0.15) is 35.6 Å². The highest BCUT2D eigenvalue weighted by Gasteiger charge is 2.23. The van der Waals surface area contributed by atoms with Crippen LogP contribution in [0.15, 0.2) is 60.7 Å². The van der Waals surface area contributed by atoms with Crippen LogP contribution in [0.5, 0.6) is 5.75 Å². The number of benzene rings is 3. The van der Waals surface area contributed by atoms with Gasteiger partial charge in [-0.3, -0.25) is 0 Å². The smallest absolute Gasteiger partial charge is 0.144 e. The molecule has 3 aromatic carbocycles. The molecule has 0 fully saturated rings. The number of hydrogen-bond acceptors (Lipinski definition) is 6. The highest BCUT2D eigenvalue weighted by Crippen LogP contribution is 2.33. The summed E-state index contributed by atoms with van der Waals surface area (Å²) in [7, 11) is 4.04. The summed E-state index contributed by atoms with van der Waals surface area (Å²) >= 11 is 0. The van der Waals surface area contributed by atoms with Crippen LogP contribution >= 0.6 is 0 Å². The summed E-state index contributed by atoms with van der Waals surface area (Å²) in [5.41, 5.74) is 8.33. The molecular weight excluding hydrogens is 503 g/mol. The lowest BCUT2D eigenvalue weighted by molar-refractivity contribution is 0.331. The van der Waals surface area contributed by atoms with E-state index in [1.807, 2.05) is 40.1 Å². The number of rotatable bonds is 6. The number of fused-ring (bicyclic) bond motifs is 2. The lowest BCUT2D eigenvalue weighted by Gasteiger charge is -2.26. The van der Waals surface area contributed by atoms with Crippen molar-refractivity contribution < 1.29 is 9.13 Å². The molecule has 0 atom stereocenters. The van der Waals surface area contributed by atoms with Crippen LogP contribution in [0.25, 0.3) is 22.2 Å². The first kappa shape index (κ1) is 26.0. The molecular formula is C32H33FN6O. The van der Waals surface area contributed by atoms with E-state index >= 15 is 0 Å². The van der Waals surface area contributed by atoms with Gasteiger partial charge in [-0.25, -0.2) is 19.3 Å². The van der Waals surface area contributed by atoms with Gasteiger partial charge in [-0.15, -0.1) is 0 Å². The monoisotopic (exact) mass is 536 g/mol. The third-order valence-corrected chi connectivity index (χ3v) is 7.26. The molecule has 0 amide bonds. The van der Waals surface area contributed by atoms with Crippen molar-refractivity contribution in [1.29, 1.82) is 0 Å². The number of halogens is 1. The Labute approximate surface area is 233 Å². The van der Waals surface area contributed by atoms with Crippen molar-refractivity contribution in [3.63, 3.8) is 0 Å². The van der Waals surface area contributed by atoms with Crippen molar-refractivity contribution in [2.75, 3.05) is 32.1 Å². The largest absolute Gasteiger partial charge is 0.491 e. The molecule has 7 nitrogen and oxygen atoms in total. The molecule has 3 heterocycles. The number of aromatic nitrogens is 4. The highest BCUT2D eigenvalue weighted by atomic mass is 19.1. The lowest BCUT2D eigenvalue weighted by Crippen LogP contribution is -2.29. The molecule has 204 valence electrons. The molecule has 40 heavy (non-hydrogen) atoms. The summed E-state index contributed by atoms with van der Waals surface area (Å²) in [5, 5.41) is 0. The van der Waals surface area contributed by atoms with Gasteiger partial charge in [-0.1, -0.05) is 24.3 Å². The lowest BCUT2D eigenvalue weighted by atomic mass is 10.0. The van der Waals surface area contributed by atoms with Gasteiger partial charge in [0.25, 0.3) is 0 Å². The van der Waals surface area contributed by atoms with E-state index in [-0.39, 0.29) is 5.82 Å². The number of nitrogens with zero attached hydrogens (tertiary/aromatic N) is 5. The van der Waals surface area contributed by atoms with E-state index in [0.717, 1.165) is 67.8 Å². The maximum Gasteiger partial charge on any atom is 0.144 e. The first-order chi connectivity index (χ1) is 19.3. The fourth-order valence-electron chi connectivity index (χ4n) is 5.33. The number of aromatic amines is 1. The quantitative estimate of drug-likeness (QED) is 0.295. The maximum absolute atomic E-state index is 13.6. The molecule has 0 unspecified atom stereocenters. The average molecular weight is 537 g/mol. The van der Waals surface area contributed by atoms with Gasteiger partial charge in [0, 0.05) is 29.8 Å². The fraction of sp³-hybridized carbons (Fsp3) is 0.281. The molecule has 6 rings (SSSR count). The van der Waals surface area contributed by atoms with Crippen LogP contribution in [0.3, 0.4) is 0 Å². The number of H-pyrrole nitrogens is 1. The number of hydrogen-bond donors (Lipinski definition) is 1. The predicted octanol–water partition coefficient (Wildman–Crippen LogP) is 5.83. The van der Waals surface area contributed by atoms with Crippen molar-refractivity contribution >= 4 is 16.9 Å². The van der Waals surface area contributed by atoms with Crippen molar-refractivity contribution in [1.82, 2.24) is 24.8 Å². The Morgan fingerprint density at radius 3 is 2.52 bits per heavy atom. The Morgan fingerprint density at radius 2 is 1.73 bits per heavy atom. The van der Waals surface area contributed by atoms with E-state index in [1.165, 1.54) is 12.1 Å². The van der Waals surface area contributed by atoms with E-state index in [2.05, 4.69) is 56.2 Å². The standard InChI is InChI=1S/C32H33FN6O/c1-20-27(15-22-5-9-26(33)10-6-22)32(37-31(34-20)19-38(3)4)39-13-14-40-30-12-8-23(16-25(30)18-39)24-7-11-28-29(17-24)36-21(2)35-28/h5-12,16-17H,13-15,18-19H2,1-4H3,(H,35,36). The number of nitrogens with one attached hydrogen (secondary N) is 1. The predicted molar refractivity (Wildman–Crippen MR) is 156 cm³/mol. The Balaban J connectivity index is 1.38. The third kappa shape index (κ3) is 5.40. The number of imidazole rings is 1. The minimum absolute atomic E-state index is 0.239. The molecule has 1 aliphatic heterocycles. The molecule has 5 aromatic rings. The molecule has 1 N–H and O–H groups in total. The van der Waals surface area contributed by atoms with Crippen molar-refractivity contribution in [3.05, 3.63) is 101 Å². The molecule has 0 saturated heterocycles. The summed E-state index contributed by atoms with van der Waals surface area (Å²) in [6, 6.07) is 19.4. The normalized spacial score (nSPS) is 13.4. The SMILES string of the molecule is Cc1nc2cc(-c3ccc4c(c3)CN(c3nc(CN(C)C)nc(C)c3Cc3ccc(F)cc3)CCO4)ccc2[nH]1. The molecule has 2 aromatic heterocycles. The Hall–Kier alpha value is -4.30. The minimum atomic E-state index is -0.239. The summed E-state index contributed by atoms with van der Waals surface area (Å²) in [4.78, 5) is 22.2. The van der Waals surface area contributed by atoms with E-state index in [1.54, 1.807) is 0 Å². The topological polar surface area (TPSA) is 70.2 Å². The second-order valence-electron chi connectivity index (χ2n) is 10.7. The van der Waals surface area contributed by atoms with Gasteiger partial charge in [0.15, 0.2) is 0 Å². The van der Waals surface area contributed by atoms with Crippen molar-refractivity contribution in [2.45, 2.75) is 33.4 Å². The fourth-order valence-corrected chi connectivity index (χ4v) is 5.33. The van der Waals surface area contributed by atoms with Crippen LogP contribution < -0.4 is 9.64 Å². The zero-order chi connectivity index (χ0) is 27.8. The number of ether oxygens (including phenoxy) is 1. The van der Waals surface area contributed by atoms with E-state index < -0.39 is 0 Å². The molecule has 8 heteroatoms. The Bertz CT molecular complexity index is 1680. The van der Waals surface area contributed by atoms with E-state index in [0.29, 0.717) is 32.7 Å². The minimum Gasteiger partial charge on any atom is -0.491 e.